The zero-order valence-electron chi connectivity index (χ0n) is 9.31. The summed E-state index contributed by atoms with van der Waals surface area (Å²) >= 11 is 6.02. The number of halogens is 1. The lowest BCUT2D eigenvalue weighted by molar-refractivity contribution is 0.569. The van der Waals surface area contributed by atoms with E-state index in [2.05, 4.69) is 24.2 Å². The molecule has 1 atom stereocenters. The van der Waals surface area contributed by atoms with Gasteiger partial charge in [0.1, 0.15) is 10.8 Å². The highest BCUT2D eigenvalue weighted by molar-refractivity contribution is 6.33. The number of aromatic nitrogens is 2. The molecule has 3 nitrogen and oxygen atoms in total. The van der Waals surface area contributed by atoms with E-state index in [0.29, 0.717) is 10.8 Å². The number of nitrogens with zero attached hydrogens (tertiary/aromatic N) is 2. The Bertz CT molecular complexity index is 490. The van der Waals surface area contributed by atoms with Gasteiger partial charge in [-0.15, -0.1) is 0 Å². The predicted octanol–water partition coefficient (Wildman–Crippen LogP) is 3.04. The third kappa shape index (κ3) is 1.78. The van der Waals surface area contributed by atoms with Crippen LogP contribution in [0.4, 0.5) is 5.82 Å². The van der Waals surface area contributed by atoms with E-state index in [0.717, 1.165) is 11.3 Å². The van der Waals surface area contributed by atoms with Crippen molar-refractivity contribution in [3.63, 3.8) is 0 Å². The first-order valence-corrected chi connectivity index (χ1v) is 5.54. The van der Waals surface area contributed by atoms with E-state index < -0.39 is 0 Å². The Hall–Kier alpha value is -1.48. The summed E-state index contributed by atoms with van der Waals surface area (Å²) in [5.74, 6) is 0.524. The van der Waals surface area contributed by atoms with Gasteiger partial charge in [0.15, 0.2) is 0 Å². The molecular weight excluding hydrogens is 222 g/mol. The second-order valence-electron chi connectivity index (χ2n) is 3.82. The molecule has 0 radical (unpaired) electrons. The number of nitrogen functional groups attached to an aromatic ring is 1. The highest BCUT2D eigenvalue weighted by atomic mass is 35.5. The van der Waals surface area contributed by atoms with E-state index in [-0.39, 0.29) is 6.04 Å². The maximum atomic E-state index is 6.02. The van der Waals surface area contributed by atoms with Gasteiger partial charge in [0, 0.05) is 0 Å². The van der Waals surface area contributed by atoms with E-state index in [1.165, 1.54) is 0 Å². The van der Waals surface area contributed by atoms with Crippen LogP contribution >= 0.6 is 11.6 Å². The molecule has 84 valence electrons. The van der Waals surface area contributed by atoms with Crippen molar-refractivity contribution in [1.82, 2.24) is 9.78 Å². The fourth-order valence-corrected chi connectivity index (χ4v) is 1.84. The van der Waals surface area contributed by atoms with Crippen LogP contribution in [0.2, 0.25) is 5.02 Å². The van der Waals surface area contributed by atoms with E-state index in [1.807, 2.05) is 25.1 Å². The van der Waals surface area contributed by atoms with Crippen molar-refractivity contribution in [2.75, 3.05) is 5.73 Å². The fraction of sp³-hybridized carbons (Fsp3) is 0.250. The number of benzene rings is 1. The molecule has 4 heteroatoms. The average Bonchev–Trinajstić information content (AvgIpc) is 2.57. The molecule has 1 aromatic carbocycles. The van der Waals surface area contributed by atoms with Crippen molar-refractivity contribution in [3.8, 4) is 0 Å². The van der Waals surface area contributed by atoms with Gasteiger partial charge in [0.2, 0.25) is 0 Å². The molecule has 0 aliphatic carbocycles. The lowest BCUT2D eigenvalue weighted by atomic mass is 10.1. The number of nitrogens with two attached hydrogens (primary N) is 1. The molecule has 2 rings (SSSR count). The van der Waals surface area contributed by atoms with E-state index in [4.69, 9.17) is 17.3 Å². The summed E-state index contributed by atoms with van der Waals surface area (Å²) in [4.78, 5) is 0. The van der Waals surface area contributed by atoms with Gasteiger partial charge in [-0.3, -0.25) is 0 Å². The maximum Gasteiger partial charge on any atom is 0.141 e. The lowest BCUT2D eigenvalue weighted by Crippen LogP contribution is -2.11. The van der Waals surface area contributed by atoms with Gasteiger partial charge in [-0.2, -0.15) is 5.10 Å². The summed E-state index contributed by atoms with van der Waals surface area (Å²) in [5, 5.41) is 4.89. The first kappa shape index (κ1) is 11.0. The average molecular weight is 236 g/mol. The van der Waals surface area contributed by atoms with Crippen LogP contribution in [0.5, 0.6) is 0 Å². The molecule has 0 amide bonds. The topological polar surface area (TPSA) is 43.8 Å². The SMILES string of the molecule is Cc1nn(C(C)c2ccccc2)c(N)c1Cl. The molecular formula is C12H14ClN3. The standard InChI is InChI=1S/C12H14ClN3/c1-8-11(13)12(14)16(15-8)9(2)10-6-4-3-5-7-10/h3-7,9H,14H2,1-2H3. The van der Waals surface area contributed by atoms with Gasteiger partial charge in [-0.1, -0.05) is 41.9 Å². The highest BCUT2D eigenvalue weighted by Gasteiger charge is 2.15. The molecule has 0 aliphatic rings. The smallest absolute Gasteiger partial charge is 0.141 e. The minimum Gasteiger partial charge on any atom is -0.383 e. The van der Waals surface area contributed by atoms with Crippen molar-refractivity contribution in [2.45, 2.75) is 19.9 Å². The van der Waals surface area contributed by atoms with Crippen LogP contribution in [0.25, 0.3) is 0 Å². The van der Waals surface area contributed by atoms with Crippen molar-refractivity contribution in [3.05, 3.63) is 46.6 Å². The zero-order chi connectivity index (χ0) is 11.7. The molecule has 0 aliphatic heterocycles. The Labute approximate surface area is 99.8 Å². The molecule has 1 unspecified atom stereocenters. The minimum atomic E-state index is 0.0902. The summed E-state index contributed by atoms with van der Waals surface area (Å²) in [5.41, 5.74) is 7.84. The first-order valence-electron chi connectivity index (χ1n) is 5.16. The van der Waals surface area contributed by atoms with Crippen LogP contribution < -0.4 is 5.73 Å². The predicted molar refractivity (Wildman–Crippen MR) is 66.6 cm³/mol. The maximum absolute atomic E-state index is 6.02. The Morgan fingerprint density at radius 3 is 2.44 bits per heavy atom. The quantitative estimate of drug-likeness (QED) is 0.870. The van der Waals surface area contributed by atoms with Gasteiger partial charge >= 0.3 is 0 Å². The van der Waals surface area contributed by atoms with E-state index in [1.54, 1.807) is 4.68 Å². The third-order valence-electron chi connectivity index (χ3n) is 2.70. The molecule has 0 fully saturated rings. The first-order chi connectivity index (χ1) is 7.61. The van der Waals surface area contributed by atoms with Crippen LogP contribution in [0, 0.1) is 6.92 Å². The zero-order valence-corrected chi connectivity index (χ0v) is 10.1. The Balaban J connectivity index is 2.42. The monoisotopic (exact) mass is 235 g/mol. The molecule has 2 aromatic rings. The van der Waals surface area contributed by atoms with Crippen molar-refractivity contribution in [2.24, 2.45) is 0 Å². The second-order valence-corrected chi connectivity index (χ2v) is 4.19. The van der Waals surface area contributed by atoms with Gasteiger partial charge in [0.05, 0.1) is 11.7 Å². The number of rotatable bonds is 2. The Kier molecular flexibility index (Phi) is 2.88. The lowest BCUT2D eigenvalue weighted by Gasteiger charge is -2.14. The van der Waals surface area contributed by atoms with Crippen LogP contribution in [-0.2, 0) is 0 Å². The van der Waals surface area contributed by atoms with Gasteiger partial charge in [-0.05, 0) is 19.4 Å². The fourth-order valence-electron chi connectivity index (χ4n) is 1.71. The third-order valence-corrected chi connectivity index (χ3v) is 3.16. The van der Waals surface area contributed by atoms with Gasteiger partial charge in [-0.25, -0.2) is 4.68 Å². The second kappa shape index (κ2) is 4.18. The molecule has 0 saturated heterocycles. The molecule has 0 bridgehead atoms. The summed E-state index contributed by atoms with van der Waals surface area (Å²) in [6, 6.07) is 10.2. The molecule has 0 spiro atoms. The largest absolute Gasteiger partial charge is 0.383 e. The molecule has 1 heterocycles. The molecule has 2 N–H and O–H groups in total. The Morgan fingerprint density at radius 1 is 1.31 bits per heavy atom. The van der Waals surface area contributed by atoms with Crippen LogP contribution in [0.15, 0.2) is 30.3 Å². The molecule has 16 heavy (non-hydrogen) atoms. The summed E-state index contributed by atoms with van der Waals surface area (Å²) < 4.78 is 1.76. The van der Waals surface area contributed by atoms with E-state index >= 15 is 0 Å². The number of hydrogen-bond acceptors (Lipinski definition) is 2. The Morgan fingerprint density at radius 2 is 1.94 bits per heavy atom. The number of anilines is 1. The van der Waals surface area contributed by atoms with Crippen LogP contribution in [0.1, 0.15) is 24.2 Å². The molecule has 0 saturated carbocycles. The summed E-state index contributed by atoms with van der Waals surface area (Å²) in [6.07, 6.45) is 0. The number of hydrogen-bond donors (Lipinski definition) is 1. The summed E-state index contributed by atoms with van der Waals surface area (Å²) in [7, 11) is 0. The summed E-state index contributed by atoms with van der Waals surface area (Å²) in [6.45, 7) is 3.90. The molecule has 1 aromatic heterocycles. The normalized spacial score (nSPS) is 12.7. The number of aryl methyl sites for hydroxylation is 1. The van der Waals surface area contributed by atoms with Gasteiger partial charge < -0.3 is 5.73 Å². The van der Waals surface area contributed by atoms with E-state index in [9.17, 15) is 0 Å². The highest BCUT2D eigenvalue weighted by Crippen LogP contribution is 2.27. The van der Waals surface area contributed by atoms with Crippen LogP contribution in [0.3, 0.4) is 0 Å². The van der Waals surface area contributed by atoms with Crippen molar-refractivity contribution >= 4 is 17.4 Å². The minimum absolute atomic E-state index is 0.0902. The van der Waals surface area contributed by atoms with Crippen molar-refractivity contribution in [1.29, 1.82) is 0 Å². The van der Waals surface area contributed by atoms with Crippen molar-refractivity contribution < 1.29 is 0 Å². The van der Waals surface area contributed by atoms with Crippen LogP contribution in [-0.4, -0.2) is 9.78 Å². The van der Waals surface area contributed by atoms with Gasteiger partial charge in [0.25, 0.3) is 0 Å².